The lowest BCUT2D eigenvalue weighted by molar-refractivity contribution is -0.188. The van der Waals surface area contributed by atoms with Crippen LogP contribution in [0.15, 0.2) is 40.6 Å². The Labute approximate surface area is 247 Å². The van der Waals surface area contributed by atoms with Gasteiger partial charge in [-0.05, 0) is 37.1 Å². The molecule has 13 heteroatoms. The second-order valence-corrected chi connectivity index (χ2v) is 10.1. The van der Waals surface area contributed by atoms with E-state index in [1.54, 1.807) is 17.9 Å². The molecule has 0 N–H and O–H groups in total. The summed E-state index contributed by atoms with van der Waals surface area (Å²) in [4.78, 5) is 84.9. The largest absolute Gasteiger partial charge is 0.469 e. The number of carbonyl (C=O) groups is 6. The van der Waals surface area contributed by atoms with Crippen molar-refractivity contribution in [2.75, 3.05) is 54.1 Å². The molecule has 2 heterocycles. The highest BCUT2D eigenvalue weighted by Crippen LogP contribution is 2.71. The van der Waals surface area contributed by atoms with Crippen LogP contribution in [0.5, 0.6) is 0 Å². The summed E-state index contributed by atoms with van der Waals surface area (Å²) in [6, 6.07) is 3.73. The van der Waals surface area contributed by atoms with E-state index >= 15 is 0 Å². The maximum Gasteiger partial charge on any atom is 0.337 e. The Kier molecular flexibility index (Phi) is 7.96. The summed E-state index contributed by atoms with van der Waals surface area (Å²) in [6.45, 7) is 3.27. The van der Waals surface area contributed by atoms with Crippen LogP contribution >= 0.6 is 0 Å². The van der Waals surface area contributed by atoms with Gasteiger partial charge in [-0.2, -0.15) is 0 Å². The van der Waals surface area contributed by atoms with E-state index in [0.29, 0.717) is 16.8 Å². The highest BCUT2D eigenvalue weighted by molar-refractivity contribution is 6.23. The molecule has 13 nitrogen and oxygen atoms in total. The molecule has 0 aromatic heterocycles. The summed E-state index contributed by atoms with van der Waals surface area (Å²) in [5.41, 5.74) is -4.70. The molecule has 0 amide bonds. The average molecular weight is 598 g/mol. The number of fused-ring (bicyclic) bond motifs is 4. The fraction of sp³-hybridized carbons (Fsp3) is 0.400. The molecule has 4 rings (SSSR count). The quantitative estimate of drug-likeness (QED) is 0.342. The first-order chi connectivity index (χ1) is 20.4. The number of aryl methyl sites for hydroxylation is 2. The van der Waals surface area contributed by atoms with E-state index in [9.17, 15) is 28.8 Å². The molecule has 3 unspecified atom stereocenters. The maximum absolute atomic E-state index is 14.3. The third-order valence-electron chi connectivity index (χ3n) is 8.24. The minimum Gasteiger partial charge on any atom is -0.469 e. The van der Waals surface area contributed by atoms with Crippen LogP contribution in [0.3, 0.4) is 0 Å². The van der Waals surface area contributed by atoms with Gasteiger partial charge in [-0.15, -0.1) is 0 Å². The normalized spacial score (nSPS) is 23.4. The van der Waals surface area contributed by atoms with E-state index < -0.39 is 75.8 Å². The highest BCUT2D eigenvalue weighted by Gasteiger charge is 2.85. The second kappa shape index (κ2) is 11.0. The fourth-order valence-electron chi connectivity index (χ4n) is 6.80. The van der Waals surface area contributed by atoms with Gasteiger partial charge in [0.15, 0.2) is 5.41 Å². The van der Waals surface area contributed by atoms with Crippen molar-refractivity contribution in [3.05, 3.63) is 57.3 Å². The first-order valence-electron chi connectivity index (χ1n) is 13.0. The van der Waals surface area contributed by atoms with Crippen LogP contribution in [-0.4, -0.2) is 85.0 Å². The Hall–Kier alpha value is -4.94. The van der Waals surface area contributed by atoms with Crippen LogP contribution in [0, 0.1) is 30.6 Å². The molecule has 3 aliphatic rings. The minimum atomic E-state index is -2.80. The Bertz CT molecular complexity index is 1570. The topological polar surface area (TPSA) is 161 Å². The minimum absolute atomic E-state index is 0.00158. The van der Waals surface area contributed by atoms with E-state index in [1.807, 2.05) is 19.1 Å². The lowest BCUT2D eigenvalue weighted by Gasteiger charge is -2.56. The number of hydrogen-bond donors (Lipinski definition) is 0. The van der Waals surface area contributed by atoms with Gasteiger partial charge in [-0.1, -0.05) is 17.7 Å². The zero-order chi connectivity index (χ0) is 32.0. The molecule has 1 aliphatic carbocycles. The van der Waals surface area contributed by atoms with Crippen molar-refractivity contribution in [2.45, 2.75) is 13.8 Å². The Balaban J connectivity index is 2.38. The van der Waals surface area contributed by atoms with Gasteiger partial charge in [0, 0.05) is 6.54 Å². The van der Waals surface area contributed by atoms with Crippen molar-refractivity contribution in [1.29, 1.82) is 0 Å². The number of anilines is 1. The summed E-state index contributed by atoms with van der Waals surface area (Å²) >= 11 is 0. The van der Waals surface area contributed by atoms with Crippen molar-refractivity contribution < 1.29 is 57.2 Å². The van der Waals surface area contributed by atoms with E-state index in [0.717, 1.165) is 48.2 Å². The predicted octanol–water partition coefficient (Wildman–Crippen LogP) is 1.34. The molecule has 0 bridgehead atoms. The third-order valence-corrected chi connectivity index (χ3v) is 8.24. The first-order valence-corrected chi connectivity index (χ1v) is 13.0. The van der Waals surface area contributed by atoms with Crippen molar-refractivity contribution >= 4 is 47.6 Å². The Morgan fingerprint density at radius 3 is 1.79 bits per heavy atom. The Morgan fingerprint density at radius 1 is 0.698 bits per heavy atom. The van der Waals surface area contributed by atoms with E-state index in [4.69, 9.17) is 28.4 Å². The van der Waals surface area contributed by atoms with Crippen molar-refractivity contribution in [1.82, 2.24) is 0 Å². The molecule has 0 saturated heterocycles. The zero-order valence-electron chi connectivity index (χ0n) is 24.9. The monoisotopic (exact) mass is 597 g/mol. The van der Waals surface area contributed by atoms with E-state index in [-0.39, 0.29) is 5.70 Å². The molecule has 1 aromatic rings. The molecular weight excluding hydrogens is 566 g/mol. The van der Waals surface area contributed by atoms with Gasteiger partial charge >= 0.3 is 35.8 Å². The van der Waals surface area contributed by atoms with Gasteiger partial charge in [-0.3, -0.25) is 14.4 Å². The molecule has 0 fully saturated rings. The standard InChI is InChI=1S/C30H31NO12/c1-14-11-15(2)22-16(12-14)9-10-18-19(24(33)39-4)30(28(37)43-8)21(26(35)41-6)20(25(34)40-5)29(30,27(36)42-7)17(13-31(18)22)23(32)38-3/h9-12,17H,13H2,1-8H3. The number of benzene rings is 1. The number of carbonyl (C=O) groups excluding carboxylic acids is 6. The lowest BCUT2D eigenvalue weighted by atomic mass is 9.39. The molecule has 1 aromatic carbocycles. The third kappa shape index (κ3) is 3.83. The van der Waals surface area contributed by atoms with Crippen molar-refractivity contribution in [3.63, 3.8) is 0 Å². The maximum atomic E-state index is 14.3. The molecule has 3 atom stereocenters. The van der Waals surface area contributed by atoms with Gasteiger partial charge in [0.05, 0.1) is 76.7 Å². The number of rotatable bonds is 6. The van der Waals surface area contributed by atoms with E-state index in [2.05, 4.69) is 0 Å². The summed E-state index contributed by atoms with van der Waals surface area (Å²) in [7, 11) is 5.95. The number of allylic oxidation sites excluding steroid dienone is 1. The van der Waals surface area contributed by atoms with Gasteiger partial charge in [-0.25, -0.2) is 14.4 Å². The number of methoxy groups -OCH3 is 6. The number of nitrogens with zero attached hydrogens (tertiary/aromatic N) is 1. The second-order valence-electron chi connectivity index (χ2n) is 10.1. The molecular formula is C30H31NO12. The van der Waals surface area contributed by atoms with Crippen molar-refractivity contribution in [2.24, 2.45) is 16.7 Å². The summed E-state index contributed by atoms with van der Waals surface area (Å²) in [6.07, 6.45) is 3.17. The fourth-order valence-corrected chi connectivity index (χ4v) is 6.80. The number of hydrogen-bond acceptors (Lipinski definition) is 13. The molecule has 0 saturated carbocycles. The van der Waals surface area contributed by atoms with Crippen LogP contribution in [0.25, 0.3) is 6.08 Å². The summed E-state index contributed by atoms with van der Waals surface area (Å²) in [5.74, 6) is -9.15. The van der Waals surface area contributed by atoms with E-state index in [1.165, 1.54) is 6.08 Å². The first kappa shape index (κ1) is 31.0. The summed E-state index contributed by atoms with van der Waals surface area (Å²) < 4.78 is 30.5. The van der Waals surface area contributed by atoms with Gasteiger partial charge in [0.2, 0.25) is 0 Å². The van der Waals surface area contributed by atoms with Crippen LogP contribution in [0.2, 0.25) is 0 Å². The predicted molar refractivity (Wildman–Crippen MR) is 147 cm³/mol. The number of esters is 6. The SMILES string of the molecule is COC(=O)C1=C2C=Cc3cc(C)cc(C)c3N2CC(C(=O)OC)C2(C(=O)OC)C(C(=O)OC)=C(C(=O)OC)C12C(=O)OC. The van der Waals surface area contributed by atoms with Crippen LogP contribution in [-0.2, 0) is 57.2 Å². The number of ether oxygens (including phenoxy) is 6. The molecule has 2 aliphatic heterocycles. The smallest absolute Gasteiger partial charge is 0.337 e. The summed E-state index contributed by atoms with van der Waals surface area (Å²) in [5, 5.41) is 0. The average Bonchev–Trinajstić information content (AvgIpc) is 3.09. The van der Waals surface area contributed by atoms with Crippen LogP contribution < -0.4 is 4.90 Å². The van der Waals surface area contributed by atoms with Crippen LogP contribution in [0.4, 0.5) is 5.69 Å². The molecule has 43 heavy (non-hydrogen) atoms. The van der Waals surface area contributed by atoms with Crippen molar-refractivity contribution in [3.8, 4) is 0 Å². The molecule has 0 spiro atoms. The van der Waals surface area contributed by atoms with Gasteiger partial charge in [0.1, 0.15) is 5.41 Å². The van der Waals surface area contributed by atoms with Crippen LogP contribution in [0.1, 0.15) is 16.7 Å². The molecule has 228 valence electrons. The zero-order valence-corrected chi connectivity index (χ0v) is 24.9. The van der Waals surface area contributed by atoms with Gasteiger partial charge in [0.25, 0.3) is 0 Å². The Morgan fingerprint density at radius 2 is 1.26 bits per heavy atom. The van der Waals surface area contributed by atoms with Gasteiger partial charge < -0.3 is 33.3 Å². The molecule has 0 radical (unpaired) electrons. The highest BCUT2D eigenvalue weighted by atomic mass is 16.6. The lowest BCUT2D eigenvalue weighted by Crippen LogP contribution is -2.71.